The van der Waals surface area contributed by atoms with Crippen molar-refractivity contribution in [1.82, 2.24) is 15.1 Å². The molecule has 1 aliphatic rings. The Labute approximate surface area is 214 Å². The number of hydrogen-bond acceptors (Lipinski definition) is 9. The number of allylic oxidation sites excluding steroid dienone is 1. The molecular weight excluding hydrogens is 480 g/mol. The average molecular weight is 513 g/mol. The van der Waals surface area contributed by atoms with Gasteiger partial charge >= 0.3 is 0 Å². The van der Waals surface area contributed by atoms with Gasteiger partial charge in [0.15, 0.2) is 5.69 Å². The standard InChI is InChI=1S/C25H32N6O4S/c1-14(2)8-15-9-17-20(10-19(15)33-5)34-11-18-21(30-31(22(17)18)16-6-7-36-12-16)23(32)29-24(3,4)13-35-25(26,27)28/h6-10,12H,11,13,26-28H2,1-5H3,(H,29,32). The van der Waals surface area contributed by atoms with Crippen LogP contribution in [0.15, 0.2) is 34.5 Å². The first kappa shape index (κ1) is 25.9. The van der Waals surface area contributed by atoms with Crippen molar-refractivity contribution in [2.45, 2.75) is 45.8 Å². The van der Waals surface area contributed by atoms with Crippen LogP contribution in [0.1, 0.15) is 49.3 Å². The van der Waals surface area contributed by atoms with Crippen molar-refractivity contribution in [1.29, 1.82) is 0 Å². The van der Waals surface area contributed by atoms with Gasteiger partial charge in [-0.25, -0.2) is 4.68 Å². The molecule has 4 rings (SSSR count). The van der Waals surface area contributed by atoms with Gasteiger partial charge in [-0.1, -0.05) is 11.6 Å². The van der Waals surface area contributed by atoms with E-state index in [1.54, 1.807) is 37.0 Å². The number of nitrogens with zero attached hydrogens (tertiary/aromatic N) is 2. The van der Waals surface area contributed by atoms with E-state index >= 15 is 0 Å². The fraction of sp³-hybridized carbons (Fsp3) is 0.360. The molecule has 0 aliphatic carbocycles. The highest BCUT2D eigenvalue weighted by Crippen LogP contribution is 2.44. The molecule has 3 aromatic rings. The molecule has 11 heteroatoms. The fourth-order valence-electron chi connectivity index (χ4n) is 3.95. The number of carbonyl (C=O) groups is 1. The molecule has 0 spiro atoms. The van der Waals surface area contributed by atoms with Gasteiger partial charge in [0, 0.05) is 28.1 Å². The lowest BCUT2D eigenvalue weighted by molar-refractivity contribution is -0.0540. The zero-order chi connectivity index (χ0) is 26.3. The third-order valence-corrected chi connectivity index (χ3v) is 6.16. The monoisotopic (exact) mass is 512 g/mol. The van der Waals surface area contributed by atoms with E-state index < -0.39 is 11.5 Å². The van der Waals surface area contributed by atoms with Crippen LogP contribution >= 0.6 is 11.3 Å². The van der Waals surface area contributed by atoms with E-state index in [1.165, 1.54) is 0 Å². The molecule has 0 radical (unpaired) electrons. The number of hydrogen-bond donors (Lipinski definition) is 4. The van der Waals surface area contributed by atoms with E-state index in [0.717, 1.165) is 28.1 Å². The Balaban J connectivity index is 1.81. The molecule has 1 amide bonds. The average Bonchev–Trinajstić information content (AvgIpc) is 3.44. The summed E-state index contributed by atoms with van der Waals surface area (Å²) in [6.07, 6.45) is 2.04. The SMILES string of the molecule is COc1cc2c(cc1C=C(C)C)-c1c(c(C(=O)NC(C)(C)COC(N)(N)N)nn1-c1ccsc1)CO2. The Kier molecular flexibility index (Phi) is 6.95. The quantitative estimate of drug-likeness (QED) is 0.336. The van der Waals surface area contributed by atoms with Gasteiger partial charge in [-0.3, -0.25) is 22.0 Å². The smallest absolute Gasteiger partial charge is 0.272 e. The number of amides is 1. The van der Waals surface area contributed by atoms with Gasteiger partial charge in [-0.15, -0.1) is 0 Å². The maximum Gasteiger partial charge on any atom is 0.272 e. The second kappa shape index (κ2) is 9.68. The van der Waals surface area contributed by atoms with Crippen molar-refractivity contribution in [3.63, 3.8) is 0 Å². The summed E-state index contributed by atoms with van der Waals surface area (Å²) in [5, 5.41) is 11.6. The van der Waals surface area contributed by atoms with Gasteiger partial charge in [-0.2, -0.15) is 16.4 Å². The maximum atomic E-state index is 13.4. The lowest BCUT2D eigenvalue weighted by Gasteiger charge is -2.29. The highest BCUT2D eigenvalue weighted by molar-refractivity contribution is 7.08. The summed E-state index contributed by atoms with van der Waals surface area (Å²) in [4.78, 5) is 13.4. The Hall–Kier alpha value is -3.22. The van der Waals surface area contributed by atoms with Crippen LogP contribution in [0.4, 0.5) is 0 Å². The minimum atomic E-state index is -1.80. The van der Waals surface area contributed by atoms with Crippen molar-refractivity contribution in [3.8, 4) is 28.4 Å². The molecular formula is C25H32N6O4S. The minimum Gasteiger partial charge on any atom is -0.496 e. The largest absolute Gasteiger partial charge is 0.496 e. The predicted octanol–water partition coefficient (Wildman–Crippen LogP) is 2.94. The Bertz CT molecular complexity index is 1300. The predicted molar refractivity (Wildman–Crippen MR) is 140 cm³/mol. The summed E-state index contributed by atoms with van der Waals surface area (Å²) in [5.41, 5.74) is 21.2. The van der Waals surface area contributed by atoms with Gasteiger partial charge in [0.2, 0.25) is 5.97 Å². The van der Waals surface area contributed by atoms with E-state index in [4.69, 9.17) is 36.5 Å². The normalized spacial score (nSPS) is 12.9. The third kappa shape index (κ3) is 5.45. The Morgan fingerprint density at radius 1 is 1.31 bits per heavy atom. The third-order valence-electron chi connectivity index (χ3n) is 5.49. The number of fused-ring (bicyclic) bond motifs is 3. The maximum absolute atomic E-state index is 13.4. The summed E-state index contributed by atoms with van der Waals surface area (Å²) in [6.45, 7) is 7.78. The van der Waals surface area contributed by atoms with Crippen LogP contribution < -0.4 is 32.0 Å². The first-order valence-corrected chi connectivity index (χ1v) is 12.3. The molecule has 3 heterocycles. The molecule has 36 heavy (non-hydrogen) atoms. The van der Waals surface area contributed by atoms with Crippen molar-refractivity contribution >= 4 is 23.3 Å². The van der Waals surface area contributed by atoms with E-state index in [9.17, 15) is 4.79 Å². The number of methoxy groups -OCH3 is 1. The van der Waals surface area contributed by atoms with Gasteiger partial charge < -0.3 is 19.5 Å². The van der Waals surface area contributed by atoms with E-state index in [2.05, 4.69) is 5.32 Å². The number of nitrogens with two attached hydrogens (primary N) is 3. The molecule has 1 aromatic carbocycles. The number of benzene rings is 1. The molecule has 0 saturated heterocycles. The summed E-state index contributed by atoms with van der Waals surface area (Å²) in [7, 11) is 1.63. The number of rotatable bonds is 8. The van der Waals surface area contributed by atoms with Crippen LogP contribution in [-0.2, 0) is 11.3 Å². The van der Waals surface area contributed by atoms with Crippen LogP contribution in [0.25, 0.3) is 23.0 Å². The van der Waals surface area contributed by atoms with Gasteiger partial charge in [0.1, 0.15) is 18.1 Å². The number of carbonyl (C=O) groups excluding carboxylic acids is 1. The van der Waals surface area contributed by atoms with Crippen LogP contribution in [0, 0.1) is 0 Å². The highest BCUT2D eigenvalue weighted by Gasteiger charge is 2.33. The topological polar surface area (TPSA) is 153 Å². The lowest BCUT2D eigenvalue weighted by atomic mass is 9.98. The molecule has 0 atom stereocenters. The summed E-state index contributed by atoms with van der Waals surface area (Å²) < 4.78 is 18.8. The highest BCUT2D eigenvalue weighted by atomic mass is 32.1. The minimum absolute atomic E-state index is 0.000854. The second-order valence-corrected chi connectivity index (χ2v) is 10.4. The zero-order valence-corrected chi connectivity index (χ0v) is 21.9. The zero-order valence-electron chi connectivity index (χ0n) is 21.0. The molecule has 192 valence electrons. The molecule has 0 saturated carbocycles. The molecule has 0 fully saturated rings. The van der Waals surface area contributed by atoms with Crippen LogP contribution in [0.3, 0.4) is 0 Å². The van der Waals surface area contributed by atoms with Gasteiger partial charge in [0.05, 0.1) is 30.6 Å². The Morgan fingerprint density at radius 3 is 2.67 bits per heavy atom. The first-order valence-electron chi connectivity index (χ1n) is 11.4. The molecule has 10 nitrogen and oxygen atoms in total. The fourth-order valence-corrected chi connectivity index (χ4v) is 4.57. The molecule has 0 bridgehead atoms. The van der Waals surface area contributed by atoms with Gasteiger partial charge in [-0.05, 0) is 45.2 Å². The first-order chi connectivity index (χ1) is 16.9. The van der Waals surface area contributed by atoms with Crippen LogP contribution in [-0.4, -0.2) is 40.9 Å². The molecule has 0 unspecified atom stereocenters. The molecule has 2 aromatic heterocycles. The molecule has 7 N–H and O–H groups in total. The summed E-state index contributed by atoms with van der Waals surface area (Å²) in [6, 6.07) is 5.83. The summed E-state index contributed by atoms with van der Waals surface area (Å²) >= 11 is 1.55. The van der Waals surface area contributed by atoms with E-state index in [1.807, 2.05) is 48.9 Å². The van der Waals surface area contributed by atoms with Crippen LogP contribution in [0.2, 0.25) is 0 Å². The van der Waals surface area contributed by atoms with Crippen molar-refractivity contribution < 1.29 is 19.0 Å². The van der Waals surface area contributed by atoms with E-state index in [-0.39, 0.29) is 24.8 Å². The Morgan fingerprint density at radius 2 is 2.06 bits per heavy atom. The second-order valence-electron chi connectivity index (χ2n) is 9.65. The lowest BCUT2D eigenvalue weighted by Crippen LogP contribution is -2.62. The van der Waals surface area contributed by atoms with Crippen LogP contribution in [0.5, 0.6) is 11.5 Å². The van der Waals surface area contributed by atoms with Crippen molar-refractivity contribution in [2.24, 2.45) is 17.2 Å². The van der Waals surface area contributed by atoms with Crippen molar-refractivity contribution in [2.75, 3.05) is 13.7 Å². The van der Waals surface area contributed by atoms with Crippen molar-refractivity contribution in [3.05, 3.63) is 51.4 Å². The number of nitrogens with one attached hydrogen (secondary N) is 1. The van der Waals surface area contributed by atoms with E-state index in [0.29, 0.717) is 17.1 Å². The van der Waals surface area contributed by atoms with Gasteiger partial charge in [0.25, 0.3) is 5.91 Å². The molecule has 1 aliphatic heterocycles. The number of ether oxygens (including phenoxy) is 3. The number of thiophene rings is 1. The summed E-state index contributed by atoms with van der Waals surface area (Å²) in [5.74, 6) is -0.817. The number of aromatic nitrogens is 2.